The number of sulfone groups is 1. The zero-order valence-corrected chi connectivity index (χ0v) is 16.6. The summed E-state index contributed by atoms with van der Waals surface area (Å²) in [6, 6.07) is 12.4. The number of sulfonamides is 1. The fourth-order valence-corrected chi connectivity index (χ4v) is 6.67. The van der Waals surface area contributed by atoms with Gasteiger partial charge in [0.05, 0.1) is 15.9 Å². The first-order valence-corrected chi connectivity index (χ1v) is 12.0. The topological polar surface area (TPSA) is 71.5 Å². The molecule has 146 valence electrons. The van der Waals surface area contributed by atoms with Crippen LogP contribution in [0.2, 0.25) is 0 Å². The monoisotopic (exact) mass is 411 g/mol. The minimum Gasteiger partial charge on any atom is -0.228 e. The summed E-state index contributed by atoms with van der Waals surface area (Å²) in [5.74, 6) is -0.921. The van der Waals surface area contributed by atoms with Gasteiger partial charge in [-0.1, -0.05) is 37.3 Å². The number of rotatable bonds is 4. The Hall–Kier alpha value is -1.77. The van der Waals surface area contributed by atoms with E-state index in [9.17, 15) is 21.2 Å². The number of nitrogens with zero attached hydrogens (tertiary/aromatic N) is 1. The van der Waals surface area contributed by atoms with Crippen LogP contribution in [0.1, 0.15) is 29.7 Å². The Bertz CT molecular complexity index is 1020. The molecule has 2 aromatic rings. The molecule has 1 atom stereocenters. The molecule has 5 nitrogen and oxygen atoms in total. The minimum atomic E-state index is -3.80. The summed E-state index contributed by atoms with van der Waals surface area (Å²) in [6.07, 6.45) is 0.822. The molecule has 0 aliphatic carbocycles. The highest BCUT2D eigenvalue weighted by atomic mass is 32.2. The van der Waals surface area contributed by atoms with Gasteiger partial charge in [0.2, 0.25) is 10.0 Å². The Morgan fingerprint density at radius 2 is 1.74 bits per heavy atom. The van der Waals surface area contributed by atoms with Crippen molar-refractivity contribution in [2.75, 3.05) is 18.8 Å². The Labute approximate surface area is 159 Å². The maximum atomic E-state index is 14.1. The first-order chi connectivity index (χ1) is 12.8. The Kier molecular flexibility index (Phi) is 5.69. The van der Waals surface area contributed by atoms with E-state index in [1.54, 1.807) is 30.3 Å². The van der Waals surface area contributed by atoms with Gasteiger partial charge in [-0.25, -0.2) is 21.2 Å². The molecule has 0 saturated carbocycles. The van der Waals surface area contributed by atoms with Crippen molar-refractivity contribution in [3.8, 4) is 0 Å². The van der Waals surface area contributed by atoms with Crippen LogP contribution in [0.4, 0.5) is 4.39 Å². The van der Waals surface area contributed by atoms with E-state index in [4.69, 9.17) is 0 Å². The summed E-state index contributed by atoms with van der Waals surface area (Å²) < 4.78 is 66.5. The van der Waals surface area contributed by atoms with Gasteiger partial charge >= 0.3 is 0 Å². The fourth-order valence-electron chi connectivity index (χ4n) is 3.30. The van der Waals surface area contributed by atoms with Gasteiger partial charge < -0.3 is 0 Å². The molecule has 1 saturated heterocycles. The van der Waals surface area contributed by atoms with Gasteiger partial charge in [0, 0.05) is 18.7 Å². The van der Waals surface area contributed by atoms with Crippen LogP contribution in [0.3, 0.4) is 0 Å². The van der Waals surface area contributed by atoms with Gasteiger partial charge in [-0.2, -0.15) is 4.31 Å². The molecule has 0 N–H and O–H groups in total. The van der Waals surface area contributed by atoms with Crippen LogP contribution in [0, 0.1) is 5.82 Å². The van der Waals surface area contributed by atoms with Crippen LogP contribution >= 0.6 is 0 Å². The predicted molar refractivity (Wildman–Crippen MR) is 102 cm³/mol. The molecule has 3 rings (SSSR count). The van der Waals surface area contributed by atoms with E-state index in [0.717, 1.165) is 12.0 Å². The number of halogens is 1. The molecule has 2 aromatic carbocycles. The van der Waals surface area contributed by atoms with Crippen molar-refractivity contribution in [3.05, 3.63) is 65.5 Å². The molecule has 1 aliphatic heterocycles. The predicted octanol–water partition coefficient (Wildman–Crippen LogP) is 2.94. The highest BCUT2D eigenvalue weighted by molar-refractivity contribution is 7.92. The molecular formula is C19H22FNO4S2. The highest BCUT2D eigenvalue weighted by Gasteiger charge is 2.36. The van der Waals surface area contributed by atoms with Gasteiger partial charge in [0.15, 0.2) is 9.84 Å². The molecule has 1 fully saturated rings. The summed E-state index contributed by atoms with van der Waals surface area (Å²) in [7, 11) is -7.47. The standard InChI is InChI=1S/C19H22FNO4S2/c1-2-15-7-9-16(10-8-15)27(24,25)21-12-11-19(26(22,23)14-13-21)17-5-3-4-6-18(17)20/h3-10,19H,2,11-14H2,1H3. The molecule has 0 bridgehead atoms. The Morgan fingerprint density at radius 1 is 1.07 bits per heavy atom. The smallest absolute Gasteiger partial charge is 0.228 e. The number of benzene rings is 2. The van der Waals surface area contributed by atoms with Crippen LogP contribution in [0.15, 0.2) is 53.4 Å². The minimum absolute atomic E-state index is 0.0234. The first-order valence-electron chi connectivity index (χ1n) is 8.81. The second kappa shape index (κ2) is 7.69. The lowest BCUT2D eigenvalue weighted by atomic mass is 10.1. The zero-order chi connectivity index (χ0) is 19.7. The molecular weight excluding hydrogens is 389 g/mol. The van der Waals surface area contributed by atoms with E-state index >= 15 is 0 Å². The molecule has 0 spiro atoms. The third kappa shape index (κ3) is 4.07. The van der Waals surface area contributed by atoms with Gasteiger partial charge in [0.25, 0.3) is 0 Å². The van der Waals surface area contributed by atoms with E-state index < -0.39 is 30.9 Å². The van der Waals surface area contributed by atoms with Crippen molar-refractivity contribution < 1.29 is 21.2 Å². The Morgan fingerprint density at radius 3 is 2.37 bits per heavy atom. The average molecular weight is 412 g/mol. The van der Waals surface area contributed by atoms with Crippen molar-refractivity contribution in [1.82, 2.24) is 4.31 Å². The first kappa shape index (κ1) is 20.0. The van der Waals surface area contributed by atoms with E-state index in [0.29, 0.717) is 0 Å². The molecule has 8 heteroatoms. The van der Waals surface area contributed by atoms with E-state index in [1.807, 2.05) is 6.92 Å². The zero-order valence-electron chi connectivity index (χ0n) is 15.0. The summed E-state index contributed by atoms with van der Waals surface area (Å²) in [4.78, 5) is 0.140. The lowest BCUT2D eigenvalue weighted by Crippen LogP contribution is -2.33. The Balaban J connectivity index is 1.89. The van der Waals surface area contributed by atoms with Crippen LogP contribution in [0.5, 0.6) is 0 Å². The van der Waals surface area contributed by atoms with Gasteiger partial charge in [0.1, 0.15) is 5.82 Å². The summed E-state index contributed by atoms with van der Waals surface area (Å²) in [6.45, 7) is 1.87. The van der Waals surface area contributed by atoms with E-state index in [2.05, 4.69) is 0 Å². The molecule has 0 amide bonds. The molecule has 1 unspecified atom stereocenters. The van der Waals surface area contributed by atoms with Crippen molar-refractivity contribution >= 4 is 19.9 Å². The number of hydrogen-bond acceptors (Lipinski definition) is 4. The summed E-state index contributed by atoms with van der Waals surface area (Å²) in [5.41, 5.74) is 1.12. The van der Waals surface area contributed by atoms with Gasteiger partial charge in [-0.3, -0.25) is 0 Å². The van der Waals surface area contributed by atoms with Crippen molar-refractivity contribution in [3.63, 3.8) is 0 Å². The number of aryl methyl sites for hydroxylation is 1. The number of hydrogen-bond donors (Lipinski definition) is 0. The molecule has 1 heterocycles. The van der Waals surface area contributed by atoms with Crippen LogP contribution in [0.25, 0.3) is 0 Å². The maximum Gasteiger partial charge on any atom is 0.243 e. The third-order valence-corrected chi connectivity index (χ3v) is 8.94. The normalized spacial score (nSPS) is 20.9. The SMILES string of the molecule is CCc1ccc(S(=O)(=O)N2CCC(c3ccccc3F)S(=O)(=O)CC2)cc1. The summed E-state index contributed by atoms with van der Waals surface area (Å²) >= 11 is 0. The lowest BCUT2D eigenvalue weighted by molar-refractivity contribution is 0.427. The van der Waals surface area contributed by atoms with E-state index in [1.165, 1.54) is 22.5 Å². The second-order valence-corrected chi connectivity index (χ2v) is 10.8. The van der Waals surface area contributed by atoms with E-state index in [-0.39, 0.29) is 35.7 Å². The lowest BCUT2D eigenvalue weighted by Gasteiger charge is -2.20. The van der Waals surface area contributed by atoms with Gasteiger partial charge in [-0.15, -0.1) is 0 Å². The maximum absolute atomic E-state index is 14.1. The quantitative estimate of drug-likeness (QED) is 0.776. The van der Waals surface area contributed by atoms with Crippen LogP contribution in [-0.2, 0) is 26.3 Å². The second-order valence-electron chi connectivity index (χ2n) is 6.57. The summed E-state index contributed by atoms with van der Waals surface area (Å²) in [5, 5.41) is -1.04. The largest absolute Gasteiger partial charge is 0.243 e. The molecule has 1 aliphatic rings. The van der Waals surface area contributed by atoms with Crippen molar-refractivity contribution in [2.45, 2.75) is 29.9 Å². The highest BCUT2D eigenvalue weighted by Crippen LogP contribution is 2.32. The van der Waals surface area contributed by atoms with Crippen molar-refractivity contribution in [1.29, 1.82) is 0 Å². The van der Waals surface area contributed by atoms with Crippen LogP contribution < -0.4 is 0 Å². The molecule has 0 radical (unpaired) electrons. The van der Waals surface area contributed by atoms with Crippen molar-refractivity contribution in [2.24, 2.45) is 0 Å². The third-order valence-electron chi connectivity index (χ3n) is 4.92. The van der Waals surface area contributed by atoms with Gasteiger partial charge in [-0.05, 0) is 36.6 Å². The fraction of sp³-hybridized carbons (Fsp3) is 0.368. The average Bonchev–Trinajstić information content (AvgIpc) is 2.81. The molecule has 0 aromatic heterocycles. The van der Waals surface area contributed by atoms with Crippen LogP contribution in [-0.4, -0.2) is 40.0 Å². The molecule has 27 heavy (non-hydrogen) atoms.